The van der Waals surface area contributed by atoms with Gasteiger partial charge < -0.3 is 10.6 Å². The molecule has 1 aromatic rings. The van der Waals surface area contributed by atoms with Crippen LogP contribution >= 0.6 is 0 Å². The molecule has 0 aromatic heterocycles. The lowest BCUT2D eigenvalue weighted by Gasteiger charge is -2.07. The van der Waals surface area contributed by atoms with Gasteiger partial charge in [0.05, 0.1) is 0 Å². The Morgan fingerprint density at radius 3 is 2.78 bits per heavy atom. The van der Waals surface area contributed by atoms with Gasteiger partial charge in [0.25, 0.3) is 0 Å². The second-order valence-electron chi connectivity index (χ2n) is 4.49. The molecule has 0 aliphatic heterocycles. The van der Waals surface area contributed by atoms with E-state index in [2.05, 4.69) is 30.5 Å². The van der Waals surface area contributed by atoms with Gasteiger partial charge in [-0.15, -0.1) is 0 Å². The molecule has 0 spiro atoms. The highest BCUT2D eigenvalue weighted by Crippen LogP contribution is 2.11. The van der Waals surface area contributed by atoms with Gasteiger partial charge in [0.15, 0.2) is 0 Å². The monoisotopic (exact) mass is 248 g/mol. The second-order valence-corrected chi connectivity index (χ2v) is 4.49. The Morgan fingerprint density at radius 2 is 2.06 bits per heavy atom. The van der Waals surface area contributed by atoms with E-state index in [1.165, 1.54) is 5.56 Å². The standard InChI is InChI=1S/C15H24N2O/c1-3-5-6-10-15(18)17-14-9-7-8-13(11-14)12-16-4-2/h7-9,11,16H,3-6,10,12H2,1-2H3,(H,17,18). The molecule has 3 heteroatoms. The maximum Gasteiger partial charge on any atom is 0.224 e. The largest absolute Gasteiger partial charge is 0.326 e. The lowest BCUT2D eigenvalue weighted by Crippen LogP contribution is -2.13. The van der Waals surface area contributed by atoms with E-state index >= 15 is 0 Å². The van der Waals surface area contributed by atoms with E-state index < -0.39 is 0 Å². The number of unbranched alkanes of at least 4 members (excludes halogenated alkanes) is 2. The summed E-state index contributed by atoms with van der Waals surface area (Å²) >= 11 is 0. The highest BCUT2D eigenvalue weighted by Gasteiger charge is 2.02. The molecule has 3 nitrogen and oxygen atoms in total. The first-order chi connectivity index (χ1) is 8.76. The minimum Gasteiger partial charge on any atom is -0.326 e. The summed E-state index contributed by atoms with van der Waals surface area (Å²) in [4.78, 5) is 11.7. The fourth-order valence-corrected chi connectivity index (χ4v) is 1.79. The molecule has 1 aromatic carbocycles. The number of hydrogen-bond acceptors (Lipinski definition) is 2. The van der Waals surface area contributed by atoms with Crippen LogP contribution in [0.5, 0.6) is 0 Å². The fraction of sp³-hybridized carbons (Fsp3) is 0.533. The van der Waals surface area contributed by atoms with Crippen molar-refractivity contribution in [2.75, 3.05) is 11.9 Å². The van der Waals surface area contributed by atoms with Crippen LogP contribution in [-0.2, 0) is 11.3 Å². The molecule has 0 saturated heterocycles. The van der Waals surface area contributed by atoms with Crippen LogP contribution in [-0.4, -0.2) is 12.5 Å². The number of carbonyl (C=O) groups is 1. The van der Waals surface area contributed by atoms with E-state index in [4.69, 9.17) is 0 Å². The summed E-state index contributed by atoms with van der Waals surface area (Å²) in [5.74, 6) is 0.115. The van der Waals surface area contributed by atoms with Gasteiger partial charge in [0.2, 0.25) is 5.91 Å². The van der Waals surface area contributed by atoms with Gasteiger partial charge in [-0.05, 0) is 30.7 Å². The summed E-state index contributed by atoms with van der Waals surface area (Å²) in [5, 5.41) is 6.23. The number of anilines is 1. The summed E-state index contributed by atoms with van der Waals surface area (Å²) in [6.07, 6.45) is 3.85. The Morgan fingerprint density at radius 1 is 1.22 bits per heavy atom. The zero-order chi connectivity index (χ0) is 13.2. The molecule has 0 atom stereocenters. The quantitative estimate of drug-likeness (QED) is 0.693. The van der Waals surface area contributed by atoms with Crippen molar-refractivity contribution in [3.05, 3.63) is 29.8 Å². The zero-order valence-corrected chi connectivity index (χ0v) is 11.5. The van der Waals surface area contributed by atoms with Gasteiger partial charge in [0.1, 0.15) is 0 Å². The molecule has 0 unspecified atom stereocenters. The molecular formula is C15H24N2O. The SMILES string of the molecule is CCCCCC(=O)Nc1cccc(CNCC)c1. The van der Waals surface area contributed by atoms with E-state index in [0.29, 0.717) is 6.42 Å². The van der Waals surface area contributed by atoms with Gasteiger partial charge in [-0.25, -0.2) is 0 Å². The Hall–Kier alpha value is -1.35. The smallest absolute Gasteiger partial charge is 0.224 e. The number of amides is 1. The summed E-state index contributed by atoms with van der Waals surface area (Å²) < 4.78 is 0. The number of rotatable bonds is 8. The van der Waals surface area contributed by atoms with Crippen LogP contribution in [0.25, 0.3) is 0 Å². The maximum atomic E-state index is 11.7. The number of carbonyl (C=O) groups excluding carboxylic acids is 1. The summed E-state index contributed by atoms with van der Waals surface area (Å²) in [6.45, 7) is 6.02. The Kier molecular flexibility index (Phi) is 7.11. The van der Waals surface area contributed by atoms with Crippen molar-refractivity contribution in [3.8, 4) is 0 Å². The first kappa shape index (κ1) is 14.7. The maximum absolute atomic E-state index is 11.7. The molecule has 1 rings (SSSR count). The first-order valence-electron chi connectivity index (χ1n) is 6.85. The Labute approximate surface area is 110 Å². The van der Waals surface area contributed by atoms with E-state index in [-0.39, 0.29) is 5.91 Å². The van der Waals surface area contributed by atoms with Crippen molar-refractivity contribution < 1.29 is 4.79 Å². The van der Waals surface area contributed by atoms with Crippen LogP contribution < -0.4 is 10.6 Å². The molecule has 100 valence electrons. The zero-order valence-electron chi connectivity index (χ0n) is 11.5. The van der Waals surface area contributed by atoms with E-state index in [0.717, 1.165) is 38.0 Å². The van der Waals surface area contributed by atoms with Crippen LogP contribution in [0.2, 0.25) is 0 Å². The van der Waals surface area contributed by atoms with Crippen molar-refractivity contribution in [1.29, 1.82) is 0 Å². The third-order valence-corrected chi connectivity index (χ3v) is 2.80. The molecule has 1 amide bonds. The number of nitrogens with one attached hydrogen (secondary N) is 2. The number of benzene rings is 1. The lowest BCUT2D eigenvalue weighted by atomic mass is 10.1. The minimum atomic E-state index is 0.115. The van der Waals surface area contributed by atoms with Gasteiger partial charge >= 0.3 is 0 Å². The normalized spacial score (nSPS) is 10.3. The molecular weight excluding hydrogens is 224 g/mol. The average molecular weight is 248 g/mol. The highest BCUT2D eigenvalue weighted by molar-refractivity contribution is 5.90. The van der Waals surface area contributed by atoms with Crippen LogP contribution in [0, 0.1) is 0 Å². The van der Waals surface area contributed by atoms with Gasteiger partial charge in [0, 0.05) is 18.7 Å². The first-order valence-corrected chi connectivity index (χ1v) is 6.85. The van der Waals surface area contributed by atoms with Gasteiger partial charge in [-0.3, -0.25) is 4.79 Å². The van der Waals surface area contributed by atoms with Crippen molar-refractivity contribution in [2.45, 2.75) is 46.1 Å². The molecule has 18 heavy (non-hydrogen) atoms. The van der Waals surface area contributed by atoms with Crippen LogP contribution in [0.1, 0.15) is 45.1 Å². The molecule has 2 N–H and O–H groups in total. The van der Waals surface area contributed by atoms with Crippen molar-refractivity contribution >= 4 is 11.6 Å². The van der Waals surface area contributed by atoms with Crippen LogP contribution in [0.3, 0.4) is 0 Å². The summed E-state index contributed by atoms with van der Waals surface area (Å²) in [7, 11) is 0. The third-order valence-electron chi connectivity index (χ3n) is 2.80. The van der Waals surface area contributed by atoms with Gasteiger partial charge in [-0.2, -0.15) is 0 Å². The predicted octanol–water partition coefficient (Wildman–Crippen LogP) is 3.31. The van der Waals surface area contributed by atoms with E-state index in [1.54, 1.807) is 0 Å². The highest BCUT2D eigenvalue weighted by atomic mass is 16.1. The third kappa shape index (κ3) is 5.82. The Bertz CT molecular complexity index is 363. The minimum absolute atomic E-state index is 0.115. The van der Waals surface area contributed by atoms with E-state index in [9.17, 15) is 4.79 Å². The van der Waals surface area contributed by atoms with Crippen molar-refractivity contribution in [1.82, 2.24) is 5.32 Å². The topological polar surface area (TPSA) is 41.1 Å². The Balaban J connectivity index is 2.43. The van der Waals surface area contributed by atoms with Crippen molar-refractivity contribution in [3.63, 3.8) is 0 Å². The molecule has 0 bridgehead atoms. The lowest BCUT2D eigenvalue weighted by molar-refractivity contribution is -0.116. The molecule has 0 fully saturated rings. The summed E-state index contributed by atoms with van der Waals surface area (Å²) in [5.41, 5.74) is 2.09. The molecule has 0 heterocycles. The molecule has 0 saturated carbocycles. The van der Waals surface area contributed by atoms with Gasteiger partial charge in [-0.1, -0.05) is 38.8 Å². The van der Waals surface area contributed by atoms with E-state index in [1.807, 2.05) is 18.2 Å². The molecule has 0 aliphatic carbocycles. The molecule has 0 aliphatic rings. The number of hydrogen-bond donors (Lipinski definition) is 2. The fourth-order valence-electron chi connectivity index (χ4n) is 1.79. The second kappa shape index (κ2) is 8.70. The predicted molar refractivity (Wildman–Crippen MR) is 76.6 cm³/mol. The van der Waals surface area contributed by atoms with Crippen molar-refractivity contribution in [2.24, 2.45) is 0 Å². The average Bonchev–Trinajstić information content (AvgIpc) is 2.37. The summed E-state index contributed by atoms with van der Waals surface area (Å²) in [6, 6.07) is 8.01. The molecule has 0 radical (unpaired) electrons. The van der Waals surface area contributed by atoms with Crippen LogP contribution in [0.15, 0.2) is 24.3 Å². The van der Waals surface area contributed by atoms with Crippen LogP contribution in [0.4, 0.5) is 5.69 Å².